The van der Waals surface area contributed by atoms with Gasteiger partial charge in [-0.25, -0.2) is 31.6 Å². The topological polar surface area (TPSA) is 150 Å². The predicted molar refractivity (Wildman–Crippen MR) is 125 cm³/mol. The molecular formula is C21H26N2O8S3. The van der Waals surface area contributed by atoms with Gasteiger partial charge in [0.2, 0.25) is 10.0 Å². The lowest BCUT2D eigenvalue weighted by atomic mass is 10.0. The highest BCUT2D eigenvalue weighted by Gasteiger charge is 2.43. The van der Waals surface area contributed by atoms with E-state index in [2.05, 4.69) is 0 Å². The first kappa shape index (κ1) is 26.1. The minimum absolute atomic E-state index is 0.0671. The van der Waals surface area contributed by atoms with E-state index in [0.717, 1.165) is 0 Å². The number of primary sulfonamides is 1. The number of carbonyl (C=O) groups excluding carboxylic acids is 2. The molecule has 186 valence electrons. The molecule has 2 N–H and O–H groups in total. The summed E-state index contributed by atoms with van der Waals surface area (Å²) in [4.78, 5) is 26.4. The third kappa shape index (κ3) is 5.43. The fourth-order valence-electron chi connectivity index (χ4n) is 3.61. The van der Waals surface area contributed by atoms with E-state index in [9.17, 15) is 26.4 Å². The van der Waals surface area contributed by atoms with Crippen LogP contribution in [0.1, 0.15) is 49.2 Å². The lowest BCUT2D eigenvalue weighted by Crippen LogP contribution is -2.41. The molecule has 3 atom stereocenters. The van der Waals surface area contributed by atoms with Crippen LogP contribution >= 0.6 is 11.3 Å². The molecule has 1 aliphatic rings. The van der Waals surface area contributed by atoms with Gasteiger partial charge in [-0.1, -0.05) is 18.2 Å². The van der Waals surface area contributed by atoms with Crippen molar-refractivity contribution in [2.75, 3.05) is 13.2 Å². The van der Waals surface area contributed by atoms with Crippen LogP contribution in [-0.4, -0.2) is 58.3 Å². The summed E-state index contributed by atoms with van der Waals surface area (Å²) in [6, 6.07) is 8.86. The number of fused-ring (bicyclic) bond motifs is 1. The van der Waals surface area contributed by atoms with Crippen LogP contribution in [0.5, 0.6) is 0 Å². The van der Waals surface area contributed by atoms with Gasteiger partial charge in [0.1, 0.15) is 21.1 Å². The maximum atomic E-state index is 12.9. The van der Waals surface area contributed by atoms with Crippen molar-refractivity contribution < 1.29 is 35.9 Å². The summed E-state index contributed by atoms with van der Waals surface area (Å²) >= 11 is 0.582. The third-order valence-corrected chi connectivity index (χ3v) is 10.7. The van der Waals surface area contributed by atoms with Crippen LogP contribution in [0.2, 0.25) is 0 Å². The summed E-state index contributed by atoms with van der Waals surface area (Å²) in [5, 5.41) is 4.37. The molecule has 1 aliphatic heterocycles. The number of thiophene rings is 1. The van der Waals surface area contributed by atoms with Gasteiger partial charge in [0.05, 0.1) is 16.9 Å². The molecule has 0 saturated heterocycles. The summed E-state index contributed by atoms with van der Waals surface area (Å²) < 4.78 is 59.5. The van der Waals surface area contributed by atoms with E-state index >= 15 is 0 Å². The highest BCUT2D eigenvalue weighted by Crippen LogP contribution is 2.45. The van der Waals surface area contributed by atoms with Crippen molar-refractivity contribution in [3.63, 3.8) is 0 Å². The van der Waals surface area contributed by atoms with Crippen LogP contribution in [0.4, 0.5) is 4.79 Å². The Bertz CT molecular complexity index is 1270. The van der Waals surface area contributed by atoms with Gasteiger partial charge < -0.3 is 14.4 Å². The number of nitrogens with zero attached hydrogens (tertiary/aromatic N) is 1. The quantitative estimate of drug-likeness (QED) is 0.537. The molecule has 1 aromatic carbocycles. The van der Waals surface area contributed by atoms with Gasteiger partial charge in [0.25, 0.3) is 0 Å². The van der Waals surface area contributed by atoms with Gasteiger partial charge in [-0.15, -0.1) is 11.3 Å². The first-order chi connectivity index (χ1) is 15.9. The Morgan fingerprint density at radius 1 is 1.26 bits per heavy atom. The smallest absolute Gasteiger partial charge is 0.410 e. The number of carbonyl (C=O) groups is 2. The molecule has 0 aliphatic carbocycles. The Morgan fingerprint density at radius 2 is 1.91 bits per heavy atom. The van der Waals surface area contributed by atoms with Crippen LogP contribution in [-0.2, 0) is 29.3 Å². The normalized spacial score (nSPS) is 20.1. The minimum atomic E-state index is -4.13. The zero-order chi connectivity index (χ0) is 25.3. The third-order valence-electron chi connectivity index (χ3n) is 5.40. The number of sulfonamides is 1. The van der Waals surface area contributed by atoms with Crippen molar-refractivity contribution in [2.45, 2.75) is 53.0 Å². The molecule has 0 spiro atoms. The molecule has 1 aromatic heterocycles. The van der Waals surface area contributed by atoms with Gasteiger partial charge in [0.15, 0.2) is 9.84 Å². The maximum Gasteiger partial charge on any atom is 0.410 e. The van der Waals surface area contributed by atoms with E-state index in [1.165, 1.54) is 17.9 Å². The van der Waals surface area contributed by atoms with Crippen LogP contribution in [0, 0.1) is 0 Å². The van der Waals surface area contributed by atoms with Crippen LogP contribution < -0.4 is 5.14 Å². The van der Waals surface area contributed by atoms with Gasteiger partial charge in [-0.2, -0.15) is 0 Å². The number of rotatable bonds is 7. The molecule has 0 bridgehead atoms. The number of benzene rings is 1. The number of sulfone groups is 1. The number of esters is 1. The Balaban J connectivity index is 1.76. The van der Waals surface area contributed by atoms with Gasteiger partial charge >= 0.3 is 12.1 Å². The Hall–Kier alpha value is -2.48. The molecule has 34 heavy (non-hydrogen) atoms. The molecule has 2 heterocycles. The van der Waals surface area contributed by atoms with Gasteiger partial charge in [-0.3, -0.25) is 0 Å². The fraction of sp³-hybridized carbons (Fsp3) is 0.429. The molecule has 13 heteroatoms. The standard InChI is InChI=1S/C21H26N2O8S3/c1-4-23(21(25)30-12-13(2)31-19(24)15-8-6-5-7-9-15)17-10-14(3)33(26,27)20-16(17)11-18(32-20)34(22,28)29/h5-9,11,13-14,17H,4,10,12H2,1-3H3,(H2,22,28,29)/t13?,14-,17-/m0/s1. The zero-order valence-electron chi connectivity index (χ0n) is 18.8. The van der Waals surface area contributed by atoms with Crippen molar-refractivity contribution in [2.24, 2.45) is 5.14 Å². The molecule has 1 unspecified atom stereocenters. The second-order valence-electron chi connectivity index (χ2n) is 7.91. The molecule has 0 saturated carbocycles. The Morgan fingerprint density at radius 3 is 2.50 bits per heavy atom. The number of amides is 1. The molecule has 3 rings (SSSR count). The van der Waals surface area contributed by atoms with E-state index in [-0.39, 0.29) is 33.6 Å². The molecule has 10 nitrogen and oxygen atoms in total. The second kappa shape index (κ2) is 10.0. The molecular weight excluding hydrogens is 504 g/mol. The first-order valence-electron chi connectivity index (χ1n) is 10.5. The van der Waals surface area contributed by atoms with Crippen molar-refractivity contribution >= 4 is 43.3 Å². The van der Waals surface area contributed by atoms with E-state index in [0.29, 0.717) is 16.9 Å². The number of nitrogens with two attached hydrogens (primary N) is 1. The predicted octanol–water partition coefficient (Wildman–Crippen LogP) is 2.71. The molecule has 0 fully saturated rings. The highest BCUT2D eigenvalue weighted by atomic mass is 32.3. The first-order valence-corrected chi connectivity index (χ1v) is 14.4. The molecule has 2 aromatic rings. The minimum Gasteiger partial charge on any atom is -0.455 e. The zero-order valence-corrected chi connectivity index (χ0v) is 21.3. The monoisotopic (exact) mass is 530 g/mol. The van der Waals surface area contributed by atoms with Crippen molar-refractivity contribution in [1.82, 2.24) is 4.90 Å². The number of ether oxygens (including phenoxy) is 2. The van der Waals surface area contributed by atoms with Gasteiger partial charge in [-0.05, 0) is 45.4 Å². The van der Waals surface area contributed by atoms with Crippen molar-refractivity contribution in [1.29, 1.82) is 0 Å². The largest absolute Gasteiger partial charge is 0.455 e. The average molecular weight is 531 g/mol. The van der Waals surface area contributed by atoms with E-state index < -0.39 is 49.3 Å². The van der Waals surface area contributed by atoms with Crippen LogP contribution in [0.15, 0.2) is 44.8 Å². The van der Waals surface area contributed by atoms with Crippen molar-refractivity contribution in [3.8, 4) is 0 Å². The molecule has 0 radical (unpaired) electrons. The Labute approximate surface area is 202 Å². The molecule has 1 amide bonds. The Kier molecular flexibility index (Phi) is 7.70. The summed E-state index contributed by atoms with van der Waals surface area (Å²) in [5.74, 6) is -0.554. The number of hydrogen-bond acceptors (Lipinski definition) is 9. The summed E-state index contributed by atoms with van der Waals surface area (Å²) in [5.41, 5.74) is 0.568. The summed E-state index contributed by atoms with van der Waals surface area (Å²) in [7, 11) is -7.89. The van der Waals surface area contributed by atoms with E-state index in [1.54, 1.807) is 44.2 Å². The van der Waals surface area contributed by atoms with Crippen LogP contribution in [0.3, 0.4) is 0 Å². The fourth-order valence-corrected chi connectivity index (χ4v) is 8.01. The maximum absolute atomic E-state index is 12.9. The second-order valence-corrected chi connectivity index (χ2v) is 13.3. The summed E-state index contributed by atoms with van der Waals surface area (Å²) in [6.07, 6.45) is -1.40. The highest BCUT2D eigenvalue weighted by molar-refractivity contribution is 7.95. The SMILES string of the molecule is CCN(C(=O)OCC(C)OC(=O)c1ccccc1)[C@H]1C[C@H](C)S(=O)(=O)c2sc(S(N)(=O)=O)cc21. The van der Waals surface area contributed by atoms with Crippen molar-refractivity contribution in [3.05, 3.63) is 47.5 Å². The van der Waals surface area contributed by atoms with Gasteiger partial charge in [0, 0.05) is 12.1 Å². The lowest BCUT2D eigenvalue weighted by molar-refractivity contribution is 0.00739. The lowest BCUT2D eigenvalue weighted by Gasteiger charge is -2.35. The summed E-state index contributed by atoms with van der Waals surface area (Å²) in [6.45, 7) is 4.74. The van der Waals surface area contributed by atoms with E-state index in [4.69, 9.17) is 14.6 Å². The number of hydrogen-bond donors (Lipinski definition) is 1. The average Bonchev–Trinajstić information content (AvgIpc) is 3.24. The van der Waals surface area contributed by atoms with E-state index in [1.807, 2.05) is 0 Å². The van der Waals surface area contributed by atoms with Crippen LogP contribution in [0.25, 0.3) is 0 Å².